The van der Waals surface area contributed by atoms with Gasteiger partial charge in [-0.1, -0.05) is 41.9 Å². The van der Waals surface area contributed by atoms with Crippen molar-refractivity contribution in [1.82, 2.24) is 0 Å². The Balaban J connectivity index is 1.86. The standard InChI is InChI=1S/C15H14ClN/c1-11-15(12-5-3-2-4-6-12)17(11)14-9-7-13(16)8-10-14/h2-11,15H,1H3/t11-,15-,17?/m0/s1. The fourth-order valence-corrected chi connectivity index (χ4v) is 2.57. The van der Waals surface area contributed by atoms with Crippen LogP contribution in [-0.2, 0) is 0 Å². The third kappa shape index (κ3) is 1.91. The fraction of sp³-hybridized carbons (Fsp3) is 0.200. The molecule has 1 fully saturated rings. The monoisotopic (exact) mass is 243 g/mol. The topological polar surface area (TPSA) is 3.01 Å². The molecule has 2 heteroatoms. The summed E-state index contributed by atoms with van der Waals surface area (Å²) >= 11 is 5.91. The van der Waals surface area contributed by atoms with Gasteiger partial charge >= 0.3 is 0 Å². The maximum Gasteiger partial charge on any atom is 0.0747 e. The van der Waals surface area contributed by atoms with Crippen molar-refractivity contribution in [1.29, 1.82) is 0 Å². The van der Waals surface area contributed by atoms with E-state index >= 15 is 0 Å². The van der Waals surface area contributed by atoms with Crippen molar-refractivity contribution in [2.75, 3.05) is 4.90 Å². The van der Waals surface area contributed by atoms with Gasteiger partial charge in [-0.25, -0.2) is 0 Å². The van der Waals surface area contributed by atoms with Crippen molar-refractivity contribution in [3.8, 4) is 0 Å². The van der Waals surface area contributed by atoms with Gasteiger partial charge in [-0.05, 0) is 36.8 Å². The third-order valence-electron chi connectivity index (χ3n) is 3.37. The van der Waals surface area contributed by atoms with Crippen molar-refractivity contribution in [2.24, 2.45) is 0 Å². The second-order valence-corrected chi connectivity index (χ2v) is 4.92. The zero-order valence-electron chi connectivity index (χ0n) is 9.68. The third-order valence-corrected chi connectivity index (χ3v) is 3.62. The van der Waals surface area contributed by atoms with Crippen LogP contribution in [0.2, 0.25) is 5.02 Å². The van der Waals surface area contributed by atoms with E-state index in [9.17, 15) is 0 Å². The summed E-state index contributed by atoms with van der Waals surface area (Å²) in [6.45, 7) is 2.26. The maximum absolute atomic E-state index is 5.91. The Bertz CT molecular complexity index is 506. The van der Waals surface area contributed by atoms with Gasteiger partial charge in [-0.15, -0.1) is 0 Å². The zero-order valence-corrected chi connectivity index (χ0v) is 10.4. The van der Waals surface area contributed by atoms with E-state index < -0.39 is 0 Å². The molecular weight excluding hydrogens is 230 g/mol. The molecule has 1 aliphatic heterocycles. The van der Waals surface area contributed by atoms with Gasteiger partial charge < -0.3 is 4.90 Å². The Kier molecular flexibility index (Phi) is 2.56. The molecule has 17 heavy (non-hydrogen) atoms. The molecule has 86 valence electrons. The van der Waals surface area contributed by atoms with Crippen molar-refractivity contribution >= 4 is 17.3 Å². The number of anilines is 1. The second kappa shape index (κ2) is 4.08. The normalized spacial score (nSPS) is 22.6. The van der Waals surface area contributed by atoms with Crippen LogP contribution in [0, 0.1) is 0 Å². The largest absolute Gasteiger partial charge is 0.357 e. The van der Waals surface area contributed by atoms with E-state index in [1.54, 1.807) is 0 Å². The lowest BCUT2D eigenvalue weighted by molar-refractivity contribution is 1.04. The molecule has 1 nitrogen and oxygen atoms in total. The molecule has 0 aromatic heterocycles. The van der Waals surface area contributed by atoms with Crippen molar-refractivity contribution in [3.05, 3.63) is 65.2 Å². The number of rotatable bonds is 2. The van der Waals surface area contributed by atoms with Gasteiger partial charge in [0.25, 0.3) is 0 Å². The predicted molar refractivity (Wildman–Crippen MR) is 72.6 cm³/mol. The van der Waals surface area contributed by atoms with Crippen LogP contribution >= 0.6 is 11.6 Å². The summed E-state index contributed by atoms with van der Waals surface area (Å²) in [4.78, 5) is 2.41. The zero-order chi connectivity index (χ0) is 11.8. The lowest BCUT2D eigenvalue weighted by Gasteiger charge is -2.05. The summed E-state index contributed by atoms with van der Waals surface area (Å²) in [6.07, 6.45) is 0. The summed E-state index contributed by atoms with van der Waals surface area (Å²) in [5, 5.41) is 0.791. The van der Waals surface area contributed by atoms with Gasteiger partial charge in [-0.3, -0.25) is 0 Å². The first kappa shape index (κ1) is 10.7. The van der Waals surface area contributed by atoms with Gasteiger partial charge in [-0.2, -0.15) is 0 Å². The summed E-state index contributed by atoms with van der Waals surface area (Å²) in [7, 11) is 0. The average molecular weight is 244 g/mol. The molecule has 3 rings (SSSR count). The first-order chi connectivity index (χ1) is 8.27. The van der Waals surface area contributed by atoms with Gasteiger partial charge in [0.2, 0.25) is 0 Å². The van der Waals surface area contributed by atoms with Crippen LogP contribution in [0.5, 0.6) is 0 Å². The van der Waals surface area contributed by atoms with Crippen LogP contribution < -0.4 is 4.90 Å². The van der Waals surface area contributed by atoms with Crippen molar-refractivity contribution in [2.45, 2.75) is 19.0 Å². The number of hydrogen-bond acceptors (Lipinski definition) is 1. The molecule has 2 aromatic rings. The number of benzene rings is 2. The fourth-order valence-electron chi connectivity index (χ4n) is 2.45. The summed E-state index contributed by atoms with van der Waals surface area (Å²) in [6, 6.07) is 19.8. The molecule has 0 spiro atoms. The maximum atomic E-state index is 5.91. The van der Waals surface area contributed by atoms with E-state index in [1.165, 1.54) is 11.3 Å². The highest BCUT2D eigenvalue weighted by Gasteiger charge is 2.44. The van der Waals surface area contributed by atoms with Gasteiger partial charge in [0, 0.05) is 10.7 Å². The highest BCUT2D eigenvalue weighted by Crippen LogP contribution is 2.46. The smallest absolute Gasteiger partial charge is 0.0747 e. The molecule has 1 heterocycles. The van der Waals surface area contributed by atoms with Gasteiger partial charge in [0.1, 0.15) is 0 Å². The minimum atomic E-state index is 0.511. The van der Waals surface area contributed by atoms with Crippen LogP contribution in [0.4, 0.5) is 5.69 Å². The molecule has 0 saturated carbocycles. The Morgan fingerprint density at radius 1 is 0.941 bits per heavy atom. The van der Waals surface area contributed by atoms with Crippen LogP contribution in [0.3, 0.4) is 0 Å². The van der Waals surface area contributed by atoms with Crippen LogP contribution in [0.25, 0.3) is 0 Å². The lowest BCUT2D eigenvalue weighted by Crippen LogP contribution is -1.95. The molecule has 1 aliphatic rings. The highest BCUT2D eigenvalue weighted by atomic mass is 35.5. The van der Waals surface area contributed by atoms with Crippen LogP contribution in [0.1, 0.15) is 18.5 Å². The Hall–Kier alpha value is -1.47. The van der Waals surface area contributed by atoms with E-state index in [-0.39, 0.29) is 0 Å². The van der Waals surface area contributed by atoms with Crippen LogP contribution in [-0.4, -0.2) is 6.04 Å². The number of halogens is 1. The van der Waals surface area contributed by atoms with Gasteiger partial charge in [0.15, 0.2) is 0 Å². The average Bonchev–Trinajstić information content (AvgIpc) is 3.03. The molecule has 0 amide bonds. The van der Waals surface area contributed by atoms with Crippen LogP contribution in [0.15, 0.2) is 54.6 Å². The van der Waals surface area contributed by atoms with E-state index in [1.807, 2.05) is 12.1 Å². The van der Waals surface area contributed by atoms with E-state index in [2.05, 4.69) is 54.3 Å². The Morgan fingerprint density at radius 2 is 1.59 bits per heavy atom. The second-order valence-electron chi connectivity index (χ2n) is 4.48. The quantitative estimate of drug-likeness (QED) is 0.711. The minimum absolute atomic E-state index is 0.511. The summed E-state index contributed by atoms with van der Waals surface area (Å²) in [5.41, 5.74) is 2.63. The van der Waals surface area contributed by atoms with E-state index in [0.717, 1.165) is 5.02 Å². The molecular formula is C15H14ClN. The Labute approximate surface area is 107 Å². The number of hydrogen-bond donors (Lipinski definition) is 0. The first-order valence-corrected chi connectivity index (χ1v) is 6.24. The molecule has 0 N–H and O–H groups in total. The van der Waals surface area contributed by atoms with Crippen molar-refractivity contribution in [3.63, 3.8) is 0 Å². The minimum Gasteiger partial charge on any atom is -0.357 e. The highest BCUT2D eigenvalue weighted by molar-refractivity contribution is 6.30. The molecule has 0 unspecified atom stereocenters. The molecule has 2 atom stereocenters. The predicted octanol–water partition coefficient (Wildman–Crippen LogP) is 4.29. The van der Waals surface area contributed by atoms with E-state index in [4.69, 9.17) is 11.6 Å². The summed E-state index contributed by atoms with van der Waals surface area (Å²) in [5.74, 6) is 0. The molecule has 0 bridgehead atoms. The van der Waals surface area contributed by atoms with Gasteiger partial charge in [0.05, 0.1) is 12.1 Å². The molecule has 2 aromatic carbocycles. The molecule has 1 saturated heterocycles. The molecule has 0 radical (unpaired) electrons. The molecule has 0 aliphatic carbocycles. The lowest BCUT2D eigenvalue weighted by atomic mass is 10.1. The van der Waals surface area contributed by atoms with E-state index in [0.29, 0.717) is 12.1 Å². The SMILES string of the molecule is C[C@H]1[C@@H](c2ccccc2)N1c1ccc(Cl)cc1. The first-order valence-electron chi connectivity index (χ1n) is 5.86. The van der Waals surface area contributed by atoms with Crippen molar-refractivity contribution < 1.29 is 0 Å². The number of nitrogens with zero attached hydrogens (tertiary/aromatic N) is 1. The Morgan fingerprint density at radius 3 is 2.24 bits per heavy atom. The summed E-state index contributed by atoms with van der Waals surface area (Å²) < 4.78 is 0.